The molecule has 124 valence electrons. The zero-order valence-electron chi connectivity index (χ0n) is 13.2. The number of aromatic nitrogens is 2. The van der Waals surface area contributed by atoms with Crippen LogP contribution in [0.4, 0.5) is 4.79 Å². The number of hydrogen-bond acceptors (Lipinski definition) is 5. The van der Waals surface area contributed by atoms with Gasteiger partial charge in [-0.3, -0.25) is 0 Å². The van der Waals surface area contributed by atoms with Gasteiger partial charge in [0, 0.05) is 25.1 Å². The molecule has 7 heteroatoms. The lowest BCUT2D eigenvalue weighted by Gasteiger charge is -2.09. The zero-order chi connectivity index (χ0) is 16.5. The van der Waals surface area contributed by atoms with Crippen LogP contribution in [0, 0.1) is 0 Å². The van der Waals surface area contributed by atoms with E-state index >= 15 is 0 Å². The molecule has 2 aromatic rings. The molecule has 0 fully saturated rings. The van der Waals surface area contributed by atoms with Gasteiger partial charge < -0.3 is 20.2 Å². The van der Waals surface area contributed by atoms with Crippen molar-refractivity contribution in [3.8, 4) is 11.5 Å². The lowest BCUT2D eigenvalue weighted by Crippen LogP contribution is -2.37. The fraction of sp³-hybridized carbons (Fsp3) is 0.438. The number of benzene rings is 1. The normalized spacial score (nSPS) is 11.9. The van der Waals surface area contributed by atoms with E-state index in [1.165, 1.54) is 0 Å². The van der Waals surface area contributed by atoms with Gasteiger partial charge in [0.15, 0.2) is 0 Å². The van der Waals surface area contributed by atoms with Crippen molar-refractivity contribution >= 4 is 6.03 Å². The van der Waals surface area contributed by atoms with Crippen molar-refractivity contribution in [3.63, 3.8) is 0 Å². The number of carbonyl (C=O) groups excluding carboxylic acids is 1. The minimum absolute atomic E-state index is 0.267. The van der Waals surface area contributed by atoms with Gasteiger partial charge >= 0.3 is 6.03 Å². The van der Waals surface area contributed by atoms with Gasteiger partial charge in [-0.1, -0.05) is 25.1 Å². The molecule has 0 saturated carbocycles. The summed E-state index contributed by atoms with van der Waals surface area (Å²) in [5, 5.41) is 22.7. The lowest BCUT2D eigenvalue weighted by atomic mass is 10.2. The Morgan fingerprint density at radius 1 is 1.22 bits per heavy atom. The maximum absolute atomic E-state index is 11.6. The van der Waals surface area contributed by atoms with Gasteiger partial charge in [0.1, 0.15) is 0 Å². The van der Waals surface area contributed by atoms with E-state index in [2.05, 4.69) is 20.8 Å². The molecule has 23 heavy (non-hydrogen) atoms. The highest BCUT2D eigenvalue weighted by atomic mass is 16.4. The molecule has 0 spiro atoms. The molecular formula is C16H22N4O3. The van der Waals surface area contributed by atoms with Gasteiger partial charge in [-0.05, 0) is 25.0 Å². The maximum atomic E-state index is 11.6. The van der Waals surface area contributed by atoms with Crippen LogP contribution in [0.5, 0.6) is 0 Å². The van der Waals surface area contributed by atoms with Gasteiger partial charge in [-0.25, -0.2) is 4.79 Å². The summed E-state index contributed by atoms with van der Waals surface area (Å²) in [6.07, 6.45) is 1.33. The van der Waals surface area contributed by atoms with E-state index in [0.29, 0.717) is 44.1 Å². The highest BCUT2D eigenvalue weighted by molar-refractivity contribution is 5.73. The lowest BCUT2D eigenvalue weighted by molar-refractivity contribution is 0.160. The molecule has 0 saturated heterocycles. The fourth-order valence-electron chi connectivity index (χ4n) is 1.95. The average molecular weight is 318 g/mol. The van der Waals surface area contributed by atoms with Crippen molar-refractivity contribution in [1.82, 2.24) is 20.8 Å². The number of amides is 2. The molecule has 0 aliphatic heterocycles. The van der Waals surface area contributed by atoms with Crippen LogP contribution >= 0.6 is 0 Å². The first kappa shape index (κ1) is 17.0. The maximum Gasteiger partial charge on any atom is 0.314 e. The van der Waals surface area contributed by atoms with Crippen molar-refractivity contribution in [2.24, 2.45) is 0 Å². The van der Waals surface area contributed by atoms with Gasteiger partial charge in [-0.2, -0.15) is 0 Å². The molecule has 1 heterocycles. The topological polar surface area (TPSA) is 100 Å². The van der Waals surface area contributed by atoms with Crippen LogP contribution in [-0.2, 0) is 6.42 Å². The van der Waals surface area contributed by atoms with Crippen LogP contribution in [0.3, 0.4) is 0 Å². The quantitative estimate of drug-likeness (QED) is 0.688. The molecule has 1 atom stereocenters. The van der Waals surface area contributed by atoms with Crippen LogP contribution in [-0.4, -0.2) is 40.5 Å². The average Bonchev–Trinajstić information content (AvgIpc) is 3.04. The summed E-state index contributed by atoms with van der Waals surface area (Å²) < 4.78 is 5.55. The molecule has 0 bridgehead atoms. The molecule has 7 nitrogen and oxygen atoms in total. The monoisotopic (exact) mass is 318 g/mol. The van der Waals surface area contributed by atoms with Crippen molar-refractivity contribution < 1.29 is 14.3 Å². The number of aliphatic hydroxyl groups is 1. The molecule has 2 amide bonds. The Morgan fingerprint density at radius 3 is 2.70 bits per heavy atom. The minimum Gasteiger partial charge on any atom is -0.421 e. The summed E-state index contributed by atoms with van der Waals surface area (Å²) in [5.41, 5.74) is 0.867. The molecule has 1 aromatic carbocycles. The van der Waals surface area contributed by atoms with Crippen molar-refractivity contribution in [3.05, 3.63) is 36.2 Å². The van der Waals surface area contributed by atoms with Gasteiger partial charge in [0.25, 0.3) is 0 Å². The summed E-state index contributed by atoms with van der Waals surface area (Å²) >= 11 is 0. The van der Waals surface area contributed by atoms with Gasteiger partial charge in [-0.15, -0.1) is 10.2 Å². The highest BCUT2D eigenvalue weighted by Crippen LogP contribution is 2.16. The molecule has 0 aliphatic rings. The third-order valence-electron chi connectivity index (χ3n) is 3.35. The first-order chi connectivity index (χ1) is 11.2. The molecule has 0 aliphatic carbocycles. The number of carbonyl (C=O) groups is 1. The second-order valence-electron chi connectivity index (χ2n) is 5.15. The van der Waals surface area contributed by atoms with Crippen LogP contribution in [0.1, 0.15) is 25.7 Å². The smallest absolute Gasteiger partial charge is 0.314 e. The van der Waals surface area contributed by atoms with Gasteiger partial charge in [0.2, 0.25) is 11.8 Å². The summed E-state index contributed by atoms with van der Waals surface area (Å²) in [6, 6.07) is 9.25. The largest absolute Gasteiger partial charge is 0.421 e. The number of urea groups is 1. The Kier molecular flexibility index (Phi) is 6.56. The Balaban J connectivity index is 1.68. The number of hydrogen-bond donors (Lipinski definition) is 3. The molecule has 0 radical (unpaired) electrons. The molecule has 1 unspecified atom stereocenters. The number of rotatable bonds is 8. The van der Waals surface area contributed by atoms with Crippen LogP contribution in [0.25, 0.3) is 11.5 Å². The van der Waals surface area contributed by atoms with E-state index in [0.717, 1.165) is 5.56 Å². The van der Waals surface area contributed by atoms with E-state index in [4.69, 9.17) is 4.42 Å². The fourth-order valence-corrected chi connectivity index (χ4v) is 1.95. The first-order valence-corrected chi connectivity index (χ1v) is 7.76. The molecule has 3 N–H and O–H groups in total. The highest BCUT2D eigenvalue weighted by Gasteiger charge is 2.08. The Hall–Kier alpha value is -2.41. The second kappa shape index (κ2) is 8.89. The molecule has 2 rings (SSSR count). The summed E-state index contributed by atoms with van der Waals surface area (Å²) in [6.45, 7) is 2.75. The van der Waals surface area contributed by atoms with Crippen molar-refractivity contribution in [1.29, 1.82) is 0 Å². The van der Waals surface area contributed by atoms with E-state index < -0.39 is 0 Å². The minimum atomic E-state index is -0.370. The number of aliphatic hydroxyl groups excluding tert-OH is 1. The summed E-state index contributed by atoms with van der Waals surface area (Å²) in [7, 11) is 0. The predicted molar refractivity (Wildman–Crippen MR) is 85.8 cm³/mol. The third-order valence-corrected chi connectivity index (χ3v) is 3.35. The standard InChI is InChI=1S/C16H22N4O3/c1-2-13(21)8-10-17-16(22)18-11-9-14-19-20-15(23-14)12-6-4-3-5-7-12/h3-7,13,21H,2,8-11H2,1H3,(H2,17,18,22). The van der Waals surface area contributed by atoms with Crippen LogP contribution in [0.2, 0.25) is 0 Å². The van der Waals surface area contributed by atoms with Crippen LogP contribution in [0.15, 0.2) is 34.7 Å². The van der Waals surface area contributed by atoms with Gasteiger partial charge in [0.05, 0.1) is 6.10 Å². The first-order valence-electron chi connectivity index (χ1n) is 7.76. The zero-order valence-corrected chi connectivity index (χ0v) is 13.2. The Labute approximate surface area is 135 Å². The van der Waals surface area contributed by atoms with E-state index in [1.54, 1.807) is 0 Å². The van der Waals surface area contributed by atoms with Crippen molar-refractivity contribution in [2.75, 3.05) is 13.1 Å². The third kappa shape index (κ3) is 5.71. The Morgan fingerprint density at radius 2 is 1.96 bits per heavy atom. The van der Waals surface area contributed by atoms with E-state index in [9.17, 15) is 9.90 Å². The van der Waals surface area contributed by atoms with Crippen LogP contribution < -0.4 is 10.6 Å². The second-order valence-corrected chi connectivity index (χ2v) is 5.15. The van der Waals surface area contributed by atoms with E-state index in [1.807, 2.05) is 37.3 Å². The predicted octanol–water partition coefficient (Wildman–Crippen LogP) is 1.74. The number of nitrogens with zero attached hydrogens (tertiary/aromatic N) is 2. The summed E-state index contributed by atoms with van der Waals surface area (Å²) in [4.78, 5) is 11.6. The molecular weight excluding hydrogens is 296 g/mol. The number of nitrogens with one attached hydrogen (secondary N) is 2. The molecule has 1 aromatic heterocycles. The SMILES string of the molecule is CCC(O)CCNC(=O)NCCc1nnc(-c2ccccc2)o1. The Bertz CT molecular complexity index is 600. The summed E-state index contributed by atoms with van der Waals surface area (Å²) in [5.74, 6) is 0.948. The van der Waals surface area contributed by atoms with E-state index in [-0.39, 0.29) is 12.1 Å². The van der Waals surface area contributed by atoms with Crippen molar-refractivity contribution in [2.45, 2.75) is 32.3 Å².